The molecule has 7 nitrogen and oxygen atoms in total. The lowest BCUT2D eigenvalue weighted by Crippen LogP contribution is -2.58. The minimum absolute atomic E-state index is 0.215. The fourth-order valence-corrected chi connectivity index (χ4v) is 1.42. The van der Waals surface area contributed by atoms with Gasteiger partial charge in [-0.2, -0.15) is 0 Å². The molecule has 0 spiro atoms. The summed E-state index contributed by atoms with van der Waals surface area (Å²) in [6.07, 6.45) is 0. The van der Waals surface area contributed by atoms with Crippen molar-refractivity contribution < 1.29 is 19.2 Å². The Kier molecular flexibility index (Phi) is 4.42. The van der Waals surface area contributed by atoms with Crippen LogP contribution in [-0.4, -0.2) is 27.8 Å². The zero-order chi connectivity index (χ0) is 15.6. The van der Waals surface area contributed by atoms with Gasteiger partial charge in [-0.25, -0.2) is 4.79 Å². The van der Waals surface area contributed by atoms with Crippen LogP contribution in [-0.2, 0) is 11.3 Å². The molecule has 2 amide bonds. The van der Waals surface area contributed by atoms with Crippen LogP contribution in [0.5, 0.6) is 0 Å². The van der Waals surface area contributed by atoms with Crippen molar-refractivity contribution in [2.45, 2.75) is 46.7 Å². The Hall–Kier alpha value is -2.05. The highest BCUT2D eigenvalue weighted by Gasteiger charge is 2.44. The Labute approximate surface area is 117 Å². The topological polar surface area (TPSA) is 104 Å². The summed E-state index contributed by atoms with van der Waals surface area (Å²) in [5.74, 6) is -0.315. The average molecular weight is 283 g/mol. The summed E-state index contributed by atoms with van der Waals surface area (Å²) >= 11 is 0. The number of aryl methyl sites for hydroxylation is 1. The van der Waals surface area contributed by atoms with Crippen molar-refractivity contribution in [2.24, 2.45) is 5.41 Å². The number of carbonyl (C=O) groups excluding carboxylic acids is 1. The van der Waals surface area contributed by atoms with E-state index >= 15 is 0 Å². The van der Waals surface area contributed by atoms with Gasteiger partial charge in [0.1, 0.15) is 11.5 Å². The maximum absolute atomic E-state index is 11.8. The lowest BCUT2D eigenvalue weighted by Gasteiger charge is -2.38. The smallest absolute Gasteiger partial charge is 0.315 e. The van der Waals surface area contributed by atoms with E-state index in [4.69, 9.17) is 4.52 Å². The maximum Gasteiger partial charge on any atom is 0.315 e. The SMILES string of the molecule is Cc1cc(CNC(=O)NC(C)(C)C(C)(C)C(=O)O)no1. The number of carboxylic acid groups (broad SMARTS) is 1. The third-order valence-corrected chi connectivity index (χ3v) is 3.63. The van der Waals surface area contributed by atoms with E-state index in [-0.39, 0.29) is 6.54 Å². The standard InChI is InChI=1S/C13H21N3O4/c1-8-6-9(16-20-8)7-14-11(19)15-13(4,5)12(2,3)10(17)18/h6H,7H2,1-5H3,(H,17,18)(H2,14,15,19). The summed E-state index contributed by atoms with van der Waals surface area (Å²) in [7, 11) is 0. The third-order valence-electron chi connectivity index (χ3n) is 3.63. The van der Waals surface area contributed by atoms with Gasteiger partial charge in [0.15, 0.2) is 0 Å². The zero-order valence-corrected chi connectivity index (χ0v) is 12.4. The number of rotatable bonds is 5. The quantitative estimate of drug-likeness (QED) is 0.762. The van der Waals surface area contributed by atoms with Crippen molar-refractivity contribution in [2.75, 3.05) is 0 Å². The van der Waals surface area contributed by atoms with Crippen molar-refractivity contribution in [3.63, 3.8) is 0 Å². The highest BCUT2D eigenvalue weighted by Crippen LogP contribution is 2.30. The number of aromatic nitrogens is 1. The molecule has 20 heavy (non-hydrogen) atoms. The Balaban J connectivity index is 2.59. The molecule has 0 fully saturated rings. The average Bonchev–Trinajstić information content (AvgIpc) is 2.71. The van der Waals surface area contributed by atoms with E-state index in [2.05, 4.69) is 15.8 Å². The van der Waals surface area contributed by atoms with Gasteiger partial charge in [-0.15, -0.1) is 0 Å². The fraction of sp³-hybridized carbons (Fsp3) is 0.615. The van der Waals surface area contributed by atoms with Crippen LogP contribution < -0.4 is 10.6 Å². The summed E-state index contributed by atoms with van der Waals surface area (Å²) in [5, 5.41) is 18.2. The Bertz CT molecular complexity index is 505. The molecule has 0 aliphatic heterocycles. The molecular weight excluding hydrogens is 262 g/mol. The van der Waals surface area contributed by atoms with Crippen LogP contribution in [0.25, 0.3) is 0 Å². The van der Waals surface area contributed by atoms with Crippen LogP contribution in [0.3, 0.4) is 0 Å². The van der Waals surface area contributed by atoms with Crippen LogP contribution in [0.2, 0.25) is 0 Å². The first-order chi connectivity index (χ1) is 9.06. The number of urea groups is 1. The summed E-state index contributed by atoms with van der Waals surface area (Å²) in [5.41, 5.74) is -1.41. The van der Waals surface area contributed by atoms with Crippen LogP contribution in [0.15, 0.2) is 10.6 Å². The second kappa shape index (κ2) is 5.52. The molecule has 0 aliphatic carbocycles. The van der Waals surface area contributed by atoms with Gasteiger partial charge in [0.2, 0.25) is 0 Å². The van der Waals surface area contributed by atoms with Gasteiger partial charge < -0.3 is 20.3 Å². The fourth-order valence-electron chi connectivity index (χ4n) is 1.42. The van der Waals surface area contributed by atoms with E-state index in [1.54, 1.807) is 40.7 Å². The molecule has 1 aromatic rings. The number of hydrogen-bond donors (Lipinski definition) is 3. The molecule has 1 rings (SSSR count). The lowest BCUT2D eigenvalue weighted by molar-refractivity contribution is -0.150. The van der Waals surface area contributed by atoms with Gasteiger partial charge in [-0.05, 0) is 34.6 Å². The number of nitrogens with one attached hydrogen (secondary N) is 2. The minimum atomic E-state index is -1.10. The summed E-state index contributed by atoms with van der Waals surface area (Å²) in [6.45, 7) is 8.44. The molecule has 3 N–H and O–H groups in total. The second-order valence-corrected chi connectivity index (χ2v) is 5.79. The third kappa shape index (κ3) is 3.49. The molecule has 112 valence electrons. The van der Waals surface area contributed by atoms with E-state index in [0.29, 0.717) is 11.5 Å². The largest absolute Gasteiger partial charge is 0.481 e. The van der Waals surface area contributed by atoms with E-state index < -0.39 is 23.0 Å². The van der Waals surface area contributed by atoms with E-state index in [9.17, 15) is 14.7 Å². The molecule has 1 heterocycles. The molecule has 1 aromatic heterocycles. The number of hydrogen-bond acceptors (Lipinski definition) is 4. The summed E-state index contributed by atoms with van der Waals surface area (Å²) in [6, 6.07) is 1.26. The molecule has 0 bridgehead atoms. The second-order valence-electron chi connectivity index (χ2n) is 5.79. The van der Waals surface area contributed by atoms with Crippen LogP contribution in [0.4, 0.5) is 4.79 Å². The first kappa shape index (κ1) is 16.0. The van der Waals surface area contributed by atoms with Crippen molar-refractivity contribution in [1.29, 1.82) is 0 Å². The lowest BCUT2D eigenvalue weighted by atomic mass is 9.74. The van der Waals surface area contributed by atoms with Crippen molar-refractivity contribution >= 4 is 12.0 Å². The Morgan fingerprint density at radius 2 is 1.95 bits per heavy atom. The Morgan fingerprint density at radius 1 is 1.35 bits per heavy atom. The molecule has 0 aliphatic rings. The number of carbonyl (C=O) groups is 2. The highest BCUT2D eigenvalue weighted by atomic mass is 16.5. The first-order valence-electron chi connectivity index (χ1n) is 6.28. The number of carboxylic acids is 1. The van der Waals surface area contributed by atoms with Crippen LogP contribution in [0, 0.1) is 12.3 Å². The molecule has 0 atom stereocenters. The van der Waals surface area contributed by atoms with E-state index in [0.717, 1.165) is 0 Å². The monoisotopic (exact) mass is 283 g/mol. The normalized spacial score (nSPS) is 12.1. The van der Waals surface area contributed by atoms with Crippen molar-refractivity contribution in [3.05, 3.63) is 17.5 Å². The predicted octanol–water partition coefficient (Wildman–Crippen LogP) is 1.67. The van der Waals surface area contributed by atoms with E-state index in [1.165, 1.54) is 0 Å². The van der Waals surface area contributed by atoms with Gasteiger partial charge in [-0.3, -0.25) is 4.79 Å². The van der Waals surface area contributed by atoms with Gasteiger partial charge in [0, 0.05) is 6.07 Å². The Morgan fingerprint density at radius 3 is 2.40 bits per heavy atom. The van der Waals surface area contributed by atoms with Gasteiger partial charge in [0.25, 0.3) is 0 Å². The number of amides is 2. The molecule has 0 saturated heterocycles. The minimum Gasteiger partial charge on any atom is -0.481 e. The van der Waals surface area contributed by atoms with Gasteiger partial charge >= 0.3 is 12.0 Å². The van der Waals surface area contributed by atoms with Crippen molar-refractivity contribution in [1.82, 2.24) is 15.8 Å². The summed E-state index contributed by atoms with van der Waals surface area (Å²) in [4.78, 5) is 23.1. The maximum atomic E-state index is 11.8. The van der Waals surface area contributed by atoms with E-state index in [1.807, 2.05) is 0 Å². The summed E-state index contributed by atoms with van der Waals surface area (Å²) < 4.78 is 4.88. The molecule has 0 saturated carbocycles. The molecule has 0 aromatic carbocycles. The first-order valence-corrected chi connectivity index (χ1v) is 6.28. The zero-order valence-electron chi connectivity index (χ0n) is 12.4. The highest BCUT2D eigenvalue weighted by molar-refractivity contribution is 5.79. The molecular formula is C13H21N3O4. The molecule has 0 radical (unpaired) electrons. The number of nitrogens with zero attached hydrogens (tertiary/aromatic N) is 1. The molecule has 0 unspecified atom stereocenters. The van der Waals surface area contributed by atoms with Crippen LogP contribution >= 0.6 is 0 Å². The van der Waals surface area contributed by atoms with Crippen molar-refractivity contribution in [3.8, 4) is 0 Å². The number of aliphatic carboxylic acids is 1. The predicted molar refractivity (Wildman–Crippen MR) is 72.1 cm³/mol. The van der Waals surface area contributed by atoms with Crippen LogP contribution in [0.1, 0.15) is 39.1 Å². The van der Waals surface area contributed by atoms with Gasteiger partial charge in [-0.1, -0.05) is 5.16 Å². The van der Waals surface area contributed by atoms with Gasteiger partial charge in [0.05, 0.1) is 17.5 Å². The molecule has 7 heteroatoms.